The van der Waals surface area contributed by atoms with Crippen molar-refractivity contribution in [2.45, 2.75) is 13.0 Å². The van der Waals surface area contributed by atoms with Crippen molar-refractivity contribution in [1.82, 2.24) is 4.98 Å². The van der Waals surface area contributed by atoms with E-state index >= 15 is 0 Å². The first-order valence-electron chi connectivity index (χ1n) is 5.80. The number of nitrogens with two attached hydrogens (primary N) is 1. The minimum absolute atomic E-state index is 0.0371. The summed E-state index contributed by atoms with van der Waals surface area (Å²) in [6.07, 6.45) is 1.21. The van der Waals surface area contributed by atoms with Crippen LogP contribution in [-0.4, -0.2) is 9.91 Å². The Morgan fingerprint density at radius 1 is 1.45 bits per heavy atom. The van der Waals surface area contributed by atoms with Crippen LogP contribution in [0.3, 0.4) is 0 Å². The zero-order valence-corrected chi connectivity index (χ0v) is 12.8. The molecule has 0 radical (unpaired) electrons. The van der Waals surface area contributed by atoms with Gasteiger partial charge in [0.2, 0.25) is 0 Å². The molecule has 1 aromatic carbocycles. The first-order valence-corrected chi connectivity index (χ1v) is 6.88. The second-order valence-electron chi connectivity index (χ2n) is 4.11. The highest BCUT2D eigenvalue weighted by Crippen LogP contribution is 2.30. The topological polar surface area (TPSA) is 91.3 Å². The van der Waals surface area contributed by atoms with Crippen LogP contribution >= 0.6 is 22.6 Å². The monoisotopic (exact) mass is 385 g/mol. The largest absolute Gasteiger partial charge is 0.482 e. The zero-order valence-electron chi connectivity index (χ0n) is 10.6. The molecule has 0 amide bonds. The summed E-state index contributed by atoms with van der Waals surface area (Å²) in [5.74, 6) is 0.752. The number of halogens is 1. The van der Waals surface area contributed by atoms with E-state index in [1.165, 1.54) is 12.1 Å². The summed E-state index contributed by atoms with van der Waals surface area (Å²) < 4.78 is 6.62. The van der Waals surface area contributed by atoms with Gasteiger partial charge in [-0.2, -0.15) is 0 Å². The van der Waals surface area contributed by atoms with Gasteiger partial charge in [-0.15, -0.1) is 0 Å². The predicted octanol–water partition coefficient (Wildman–Crippen LogP) is 3.32. The third-order valence-electron chi connectivity index (χ3n) is 2.73. The molecule has 1 aromatic heterocycles. The van der Waals surface area contributed by atoms with Crippen LogP contribution in [0, 0.1) is 13.7 Å². The van der Waals surface area contributed by atoms with E-state index < -0.39 is 4.92 Å². The molecule has 1 atom stereocenters. The van der Waals surface area contributed by atoms with E-state index in [9.17, 15) is 10.1 Å². The van der Waals surface area contributed by atoms with E-state index in [0.29, 0.717) is 11.6 Å². The van der Waals surface area contributed by atoms with Crippen LogP contribution in [0.5, 0.6) is 5.75 Å². The SMILES string of the molecule is CC(Oc1cccnc1N)c1cc([N+](=O)[O-])ccc1I. The first-order chi connectivity index (χ1) is 9.49. The quantitative estimate of drug-likeness (QED) is 0.495. The lowest BCUT2D eigenvalue weighted by Gasteiger charge is -2.17. The summed E-state index contributed by atoms with van der Waals surface area (Å²) >= 11 is 2.12. The molecule has 7 heteroatoms. The van der Waals surface area contributed by atoms with E-state index in [0.717, 1.165) is 9.13 Å². The Labute approximate surface area is 129 Å². The van der Waals surface area contributed by atoms with E-state index in [2.05, 4.69) is 27.6 Å². The minimum Gasteiger partial charge on any atom is -0.482 e. The van der Waals surface area contributed by atoms with Crippen LogP contribution in [0.1, 0.15) is 18.6 Å². The molecule has 0 spiro atoms. The van der Waals surface area contributed by atoms with Gasteiger partial charge in [-0.25, -0.2) is 4.98 Å². The number of hydrogen-bond acceptors (Lipinski definition) is 5. The smallest absolute Gasteiger partial charge is 0.269 e. The molecule has 2 aromatic rings. The van der Waals surface area contributed by atoms with Gasteiger partial charge in [0.25, 0.3) is 5.69 Å². The van der Waals surface area contributed by atoms with Gasteiger partial charge in [0, 0.05) is 27.5 Å². The number of non-ortho nitro benzene ring substituents is 1. The van der Waals surface area contributed by atoms with Crippen molar-refractivity contribution in [3.05, 3.63) is 55.8 Å². The fourth-order valence-corrected chi connectivity index (χ4v) is 2.49. The van der Waals surface area contributed by atoms with Crippen LogP contribution in [0.4, 0.5) is 11.5 Å². The molecule has 0 aliphatic carbocycles. The number of nitrogens with zero attached hydrogens (tertiary/aromatic N) is 2. The molecule has 1 unspecified atom stereocenters. The van der Waals surface area contributed by atoms with Gasteiger partial charge < -0.3 is 10.5 Å². The molecule has 104 valence electrons. The highest BCUT2D eigenvalue weighted by Gasteiger charge is 2.17. The highest BCUT2D eigenvalue weighted by atomic mass is 127. The van der Waals surface area contributed by atoms with Gasteiger partial charge in [-0.1, -0.05) is 0 Å². The molecule has 6 nitrogen and oxygen atoms in total. The van der Waals surface area contributed by atoms with Crippen LogP contribution in [-0.2, 0) is 0 Å². The first kappa shape index (κ1) is 14.5. The van der Waals surface area contributed by atoms with Crippen molar-refractivity contribution in [2.24, 2.45) is 0 Å². The van der Waals surface area contributed by atoms with Gasteiger partial charge in [-0.05, 0) is 47.7 Å². The summed E-state index contributed by atoms with van der Waals surface area (Å²) in [5.41, 5.74) is 6.49. The van der Waals surface area contributed by atoms with E-state index in [1.54, 1.807) is 24.4 Å². The van der Waals surface area contributed by atoms with Crippen molar-refractivity contribution < 1.29 is 9.66 Å². The lowest BCUT2D eigenvalue weighted by Crippen LogP contribution is -2.07. The van der Waals surface area contributed by atoms with E-state index in [4.69, 9.17) is 10.5 Å². The average molecular weight is 385 g/mol. The number of anilines is 1. The van der Waals surface area contributed by atoms with Gasteiger partial charge in [-0.3, -0.25) is 10.1 Å². The predicted molar refractivity (Wildman–Crippen MR) is 83.5 cm³/mol. The molecular formula is C13H12IN3O3. The van der Waals surface area contributed by atoms with Crippen LogP contribution in [0.2, 0.25) is 0 Å². The van der Waals surface area contributed by atoms with Crippen molar-refractivity contribution in [2.75, 3.05) is 5.73 Å². The second-order valence-corrected chi connectivity index (χ2v) is 5.27. The van der Waals surface area contributed by atoms with Crippen molar-refractivity contribution >= 4 is 34.1 Å². The van der Waals surface area contributed by atoms with Crippen LogP contribution < -0.4 is 10.5 Å². The van der Waals surface area contributed by atoms with E-state index in [-0.39, 0.29) is 11.8 Å². The molecule has 0 bridgehead atoms. The van der Waals surface area contributed by atoms with E-state index in [1.807, 2.05) is 6.92 Å². The third-order valence-corrected chi connectivity index (χ3v) is 3.71. The number of pyridine rings is 1. The van der Waals surface area contributed by atoms with Crippen molar-refractivity contribution in [3.63, 3.8) is 0 Å². The lowest BCUT2D eigenvalue weighted by molar-refractivity contribution is -0.385. The van der Waals surface area contributed by atoms with Crippen molar-refractivity contribution in [1.29, 1.82) is 0 Å². The molecule has 0 aliphatic rings. The highest BCUT2D eigenvalue weighted by molar-refractivity contribution is 14.1. The average Bonchev–Trinajstić information content (AvgIpc) is 2.41. The normalized spacial score (nSPS) is 11.9. The molecule has 2 rings (SSSR count). The molecule has 1 heterocycles. The Morgan fingerprint density at radius 3 is 2.85 bits per heavy atom. The van der Waals surface area contributed by atoms with Crippen LogP contribution in [0.25, 0.3) is 0 Å². The number of nitrogen functional groups attached to an aromatic ring is 1. The van der Waals surface area contributed by atoms with Crippen LogP contribution in [0.15, 0.2) is 36.5 Å². The second kappa shape index (κ2) is 6.04. The molecule has 2 N–H and O–H groups in total. The fraction of sp³-hybridized carbons (Fsp3) is 0.154. The molecule has 0 aliphatic heterocycles. The number of benzene rings is 1. The van der Waals surface area contributed by atoms with Crippen molar-refractivity contribution in [3.8, 4) is 5.75 Å². The molecule has 20 heavy (non-hydrogen) atoms. The maximum absolute atomic E-state index is 10.8. The standard InChI is InChI=1S/C13H12IN3O3/c1-8(20-12-3-2-6-16-13(12)15)10-7-9(17(18)19)4-5-11(10)14/h2-8H,1H3,(H2,15,16). The maximum atomic E-state index is 10.8. The number of nitro benzene ring substituents is 1. The Morgan fingerprint density at radius 2 is 2.20 bits per heavy atom. The summed E-state index contributed by atoms with van der Waals surface area (Å²) in [6, 6.07) is 8.11. The molecule has 0 fully saturated rings. The number of aromatic nitrogens is 1. The molecule has 0 saturated carbocycles. The Bertz CT molecular complexity index is 649. The van der Waals surface area contributed by atoms with Gasteiger partial charge in [0.15, 0.2) is 11.6 Å². The summed E-state index contributed by atoms with van der Waals surface area (Å²) in [6.45, 7) is 1.81. The Balaban J connectivity index is 2.29. The zero-order chi connectivity index (χ0) is 14.7. The fourth-order valence-electron chi connectivity index (χ4n) is 1.71. The minimum atomic E-state index is -0.426. The summed E-state index contributed by atoms with van der Waals surface area (Å²) in [7, 11) is 0. The Hall–Kier alpha value is -1.90. The summed E-state index contributed by atoms with van der Waals surface area (Å²) in [5, 5.41) is 10.8. The van der Waals surface area contributed by atoms with Gasteiger partial charge >= 0.3 is 0 Å². The summed E-state index contributed by atoms with van der Waals surface area (Å²) in [4.78, 5) is 14.3. The maximum Gasteiger partial charge on any atom is 0.269 e. The Kier molecular flexibility index (Phi) is 4.38. The number of nitro groups is 1. The number of ether oxygens (including phenoxy) is 1. The van der Waals surface area contributed by atoms with Gasteiger partial charge in [0.1, 0.15) is 6.10 Å². The molecule has 0 saturated heterocycles. The molecular weight excluding hydrogens is 373 g/mol. The van der Waals surface area contributed by atoms with Gasteiger partial charge in [0.05, 0.1) is 4.92 Å². The third kappa shape index (κ3) is 3.16. The lowest BCUT2D eigenvalue weighted by atomic mass is 10.1. The number of rotatable bonds is 4. The number of hydrogen-bond donors (Lipinski definition) is 1.